The monoisotopic (exact) mass is 272 g/mol. The molecule has 2 N–H and O–H groups in total. The Kier molecular flexibility index (Phi) is 4.76. The van der Waals surface area contributed by atoms with E-state index in [9.17, 15) is 4.79 Å². The Balaban J connectivity index is 1.99. The molecular weight excluding hydrogens is 252 g/mol. The molecule has 0 atom stereocenters. The molecule has 1 amide bonds. The summed E-state index contributed by atoms with van der Waals surface area (Å²) >= 11 is 0. The second-order valence-corrected chi connectivity index (χ2v) is 4.65. The van der Waals surface area contributed by atoms with Crippen LogP contribution < -0.4 is 10.6 Å². The summed E-state index contributed by atoms with van der Waals surface area (Å²) in [6.45, 7) is 5.29. The first-order chi connectivity index (χ1) is 9.69. The Morgan fingerprint density at radius 1 is 1.35 bits per heavy atom. The number of carbonyl (C=O) groups is 1. The second-order valence-electron chi connectivity index (χ2n) is 4.65. The van der Waals surface area contributed by atoms with Crippen molar-refractivity contribution in [3.63, 3.8) is 0 Å². The molecule has 0 saturated heterocycles. The highest BCUT2D eigenvalue weighted by molar-refractivity contribution is 5.89. The zero-order chi connectivity index (χ0) is 14.4. The highest BCUT2D eigenvalue weighted by atomic mass is 16.1. The molecule has 2 aromatic rings. The molecule has 0 saturated carbocycles. The topological polar surface area (TPSA) is 59.0 Å². The van der Waals surface area contributed by atoms with Crippen LogP contribution >= 0.6 is 0 Å². The minimum atomic E-state index is -0.0689. The number of carbonyl (C=O) groups excluding carboxylic acids is 1. The van der Waals surface area contributed by atoms with Crippen LogP contribution in [0.4, 0.5) is 11.4 Å². The zero-order valence-electron chi connectivity index (χ0n) is 11.9. The first-order valence-corrected chi connectivity index (χ1v) is 6.80. The van der Waals surface area contributed by atoms with Crippen LogP contribution in [0, 0.1) is 0 Å². The third kappa shape index (κ3) is 3.85. The van der Waals surface area contributed by atoms with Crippen LogP contribution in [0.2, 0.25) is 0 Å². The number of imidazole rings is 1. The predicted octanol–water partition coefficient (Wildman–Crippen LogP) is 2.86. The summed E-state index contributed by atoms with van der Waals surface area (Å²) in [7, 11) is 0. The summed E-state index contributed by atoms with van der Waals surface area (Å²) in [4.78, 5) is 15.4. The number of amides is 1. The van der Waals surface area contributed by atoms with Gasteiger partial charge < -0.3 is 15.2 Å². The number of anilines is 2. The minimum Gasteiger partial charge on any atom is -0.378 e. The van der Waals surface area contributed by atoms with Crippen molar-refractivity contribution in [1.82, 2.24) is 9.55 Å². The van der Waals surface area contributed by atoms with E-state index in [1.807, 2.05) is 36.7 Å². The maximum atomic E-state index is 11.0. The molecule has 0 aliphatic carbocycles. The number of nitrogens with one attached hydrogen (secondary N) is 2. The molecule has 5 nitrogen and oxygen atoms in total. The van der Waals surface area contributed by atoms with Gasteiger partial charge in [0.2, 0.25) is 5.91 Å². The summed E-state index contributed by atoms with van der Waals surface area (Å²) in [6, 6.07) is 7.66. The lowest BCUT2D eigenvalue weighted by Gasteiger charge is -2.10. The summed E-state index contributed by atoms with van der Waals surface area (Å²) in [5.74, 6) is 0.942. The van der Waals surface area contributed by atoms with Crippen LogP contribution in [0.3, 0.4) is 0 Å². The van der Waals surface area contributed by atoms with Crippen molar-refractivity contribution >= 4 is 17.3 Å². The molecule has 0 radical (unpaired) electrons. The number of nitrogens with zero attached hydrogens (tertiary/aromatic N) is 2. The molecule has 0 aliphatic rings. The predicted molar refractivity (Wildman–Crippen MR) is 80.6 cm³/mol. The largest absolute Gasteiger partial charge is 0.378 e. The van der Waals surface area contributed by atoms with Crippen molar-refractivity contribution in [1.29, 1.82) is 0 Å². The van der Waals surface area contributed by atoms with Gasteiger partial charge in [0.25, 0.3) is 0 Å². The van der Waals surface area contributed by atoms with Crippen LogP contribution in [0.25, 0.3) is 0 Å². The highest BCUT2D eigenvalue weighted by Gasteiger charge is 2.02. The second kappa shape index (κ2) is 6.75. The Morgan fingerprint density at radius 3 is 2.90 bits per heavy atom. The Labute approximate surface area is 119 Å². The fourth-order valence-corrected chi connectivity index (χ4v) is 2.04. The number of rotatable bonds is 6. The van der Waals surface area contributed by atoms with E-state index in [-0.39, 0.29) is 5.91 Å². The van der Waals surface area contributed by atoms with Crippen molar-refractivity contribution in [2.45, 2.75) is 33.4 Å². The van der Waals surface area contributed by atoms with Crippen LogP contribution in [0.15, 0.2) is 36.7 Å². The lowest BCUT2D eigenvalue weighted by atomic mass is 10.2. The molecule has 0 spiro atoms. The first kappa shape index (κ1) is 14.1. The minimum absolute atomic E-state index is 0.0689. The van der Waals surface area contributed by atoms with E-state index in [4.69, 9.17) is 0 Å². The van der Waals surface area contributed by atoms with Crippen molar-refractivity contribution in [3.8, 4) is 0 Å². The molecule has 1 heterocycles. The Bertz CT molecular complexity index is 577. The summed E-state index contributed by atoms with van der Waals surface area (Å²) in [5, 5.41) is 6.10. The van der Waals surface area contributed by atoms with Gasteiger partial charge in [0.1, 0.15) is 5.82 Å². The molecule has 106 valence electrons. The quantitative estimate of drug-likeness (QED) is 0.850. The molecule has 0 fully saturated rings. The fraction of sp³-hybridized carbons (Fsp3) is 0.333. The van der Waals surface area contributed by atoms with Gasteiger partial charge >= 0.3 is 0 Å². The Hall–Kier alpha value is -2.30. The van der Waals surface area contributed by atoms with Crippen molar-refractivity contribution in [2.75, 3.05) is 10.6 Å². The summed E-state index contributed by atoms with van der Waals surface area (Å²) < 4.78 is 2.14. The van der Waals surface area contributed by atoms with Gasteiger partial charge in [0.05, 0.1) is 6.54 Å². The van der Waals surface area contributed by atoms with Crippen molar-refractivity contribution in [2.24, 2.45) is 0 Å². The lowest BCUT2D eigenvalue weighted by molar-refractivity contribution is -0.114. The van der Waals surface area contributed by atoms with E-state index in [1.54, 1.807) is 0 Å². The smallest absolute Gasteiger partial charge is 0.221 e. The molecule has 5 heteroatoms. The highest BCUT2D eigenvalue weighted by Crippen LogP contribution is 2.15. The van der Waals surface area contributed by atoms with Crippen LogP contribution in [0.5, 0.6) is 0 Å². The molecule has 0 bridgehead atoms. The van der Waals surface area contributed by atoms with E-state index < -0.39 is 0 Å². The summed E-state index contributed by atoms with van der Waals surface area (Å²) in [5.41, 5.74) is 1.75. The van der Waals surface area contributed by atoms with Gasteiger partial charge in [0.15, 0.2) is 0 Å². The van der Waals surface area contributed by atoms with Gasteiger partial charge in [-0.25, -0.2) is 4.98 Å². The zero-order valence-corrected chi connectivity index (χ0v) is 11.9. The summed E-state index contributed by atoms with van der Waals surface area (Å²) in [6.07, 6.45) is 4.90. The molecule has 1 aromatic carbocycles. The molecule has 0 aliphatic heterocycles. The molecule has 1 aromatic heterocycles. The maximum Gasteiger partial charge on any atom is 0.221 e. The van der Waals surface area contributed by atoms with Crippen molar-refractivity contribution in [3.05, 3.63) is 42.5 Å². The van der Waals surface area contributed by atoms with E-state index in [1.165, 1.54) is 6.92 Å². The molecule has 2 rings (SSSR count). The van der Waals surface area contributed by atoms with Crippen molar-refractivity contribution < 1.29 is 4.79 Å². The number of aryl methyl sites for hydroxylation is 1. The normalized spacial score (nSPS) is 10.3. The standard InChI is InChI=1S/C15H20N4O/c1-3-8-19-9-7-16-15(19)11-17-13-5-4-6-14(10-13)18-12(2)20/h4-7,9-10,17H,3,8,11H2,1-2H3,(H,18,20). The van der Waals surface area contributed by atoms with Gasteiger partial charge in [-0.15, -0.1) is 0 Å². The number of aromatic nitrogens is 2. The van der Waals surface area contributed by atoms with E-state index >= 15 is 0 Å². The third-order valence-corrected chi connectivity index (χ3v) is 2.90. The van der Waals surface area contributed by atoms with Gasteiger partial charge in [-0.05, 0) is 24.6 Å². The molecular formula is C15H20N4O. The average Bonchev–Trinajstić information content (AvgIpc) is 2.84. The van der Waals surface area contributed by atoms with Crippen LogP contribution in [-0.2, 0) is 17.9 Å². The maximum absolute atomic E-state index is 11.0. The fourth-order valence-electron chi connectivity index (χ4n) is 2.04. The number of hydrogen-bond acceptors (Lipinski definition) is 3. The van der Waals surface area contributed by atoms with Gasteiger partial charge in [-0.2, -0.15) is 0 Å². The van der Waals surface area contributed by atoms with E-state index in [0.29, 0.717) is 6.54 Å². The van der Waals surface area contributed by atoms with Gasteiger partial charge in [-0.3, -0.25) is 4.79 Å². The lowest BCUT2D eigenvalue weighted by Crippen LogP contribution is -2.09. The number of benzene rings is 1. The van der Waals surface area contributed by atoms with Crippen LogP contribution in [0.1, 0.15) is 26.1 Å². The molecule has 20 heavy (non-hydrogen) atoms. The number of hydrogen-bond donors (Lipinski definition) is 2. The van der Waals surface area contributed by atoms with E-state index in [0.717, 1.165) is 30.2 Å². The third-order valence-electron chi connectivity index (χ3n) is 2.90. The van der Waals surface area contributed by atoms with E-state index in [2.05, 4.69) is 27.1 Å². The Morgan fingerprint density at radius 2 is 2.15 bits per heavy atom. The molecule has 0 unspecified atom stereocenters. The van der Waals surface area contributed by atoms with Crippen LogP contribution in [-0.4, -0.2) is 15.5 Å². The average molecular weight is 272 g/mol. The van der Waals surface area contributed by atoms with Gasteiger partial charge in [0, 0.05) is 37.2 Å². The first-order valence-electron chi connectivity index (χ1n) is 6.80. The SMILES string of the molecule is CCCn1ccnc1CNc1cccc(NC(C)=O)c1. The van der Waals surface area contributed by atoms with Gasteiger partial charge in [-0.1, -0.05) is 13.0 Å².